The lowest BCUT2D eigenvalue weighted by Crippen LogP contribution is -2.30. The first-order valence-electron chi connectivity index (χ1n) is 8.64. The molecule has 3 aromatic rings. The summed E-state index contributed by atoms with van der Waals surface area (Å²) in [5, 5.41) is 4.27. The zero-order valence-electron chi connectivity index (χ0n) is 15.5. The van der Waals surface area contributed by atoms with Crippen LogP contribution in [0.5, 0.6) is 5.75 Å². The molecule has 0 saturated carbocycles. The molecule has 0 aliphatic carbocycles. The van der Waals surface area contributed by atoms with Crippen LogP contribution in [0.15, 0.2) is 60.7 Å². The van der Waals surface area contributed by atoms with E-state index in [1.165, 1.54) is 0 Å². The topological polar surface area (TPSA) is 64.6 Å². The Morgan fingerprint density at radius 2 is 1.59 bits per heavy atom. The third-order valence-electron chi connectivity index (χ3n) is 4.30. The van der Waals surface area contributed by atoms with Crippen LogP contribution in [-0.2, 0) is 9.53 Å². The van der Waals surface area contributed by atoms with E-state index in [4.69, 9.17) is 9.47 Å². The van der Waals surface area contributed by atoms with Crippen LogP contribution < -0.4 is 10.1 Å². The van der Waals surface area contributed by atoms with Gasteiger partial charge in [0, 0.05) is 11.1 Å². The van der Waals surface area contributed by atoms with Gasteiger partial charge < -0.3 is 14.8 Å². The number of methoxy groups -OCH3 is 1. The fourth-order valence-corrected chi connectivity index (χ4v) is 2.79. The Morgan fingerprint density at radius 1 is 0.926 bits per heavy atom. The van der Waals surface area contributed by atoms with Crippen molar-refractivity contribution in [2.24, 2.45) is 0 Å². The molecule has 1 atom stereocenters. The molecule has 5 nitrogen and oxygen atoms in total. The number of aryl methyl sites for hydroxylation is 1. The summed E-state index contributed by atoms with van der Waals surface area (Å²) >= 11 is 0. The Hall–Kier alpha value is -3.34. The number of esters is 1. The van der Waals surface area contributed by atoms with Gasteiger partial charge in [-0.05, 0) is 43.5 Å². The number of amides is 1. The highest BCUT2D eigenvalue weighted by atomic mass is 16.5. The largest absolute Gasteiger partial charge is 0.496 e. The average Bonchev–Trinajstić information content (AvgIpc) is 2.68. The smallest absolute Gasteiger partial charge is 0.339 e. The first-order valence-corrected chi connectivity index (χ1v) is 8.64. The molecule has 0 saturated heterocycles. The van der Waals surface area contributed by atoms with Gasteiger partial charge in [0.25, 0.3) is 5.91 Å². The molecule has 0 radical (unpaired) electrons. The molecule has 1 N–H and O–H groups in total. The molecule has 0 bridgehead atoms. The zero-order chi connectivity index (χ0) is 19.4. The fraction of sp³-hybridized carbons (Fsp3) is 0.182. The third kappa shape index (κ3) is 4.08. The number of fused-ring (bicyclic) bond motifs is 1. The number of rotatable bonds is 5. The van der Waals surface area contributed by atoms with E-state index in [0.29, 0.717) is 22.4 Å². The van der Waals surface area contributed by atoms with Crippen molar-refractivity contribution < 1.29 is 19.1 Å². The van der Waals surface area contributed by atoms with E-state index >= 15 is 0 Å². The van der Waals surface area contributed by atoms with Gasteiger partial charge in [-0.15, -0.1) is 0 Å². The van der Waals surface area contributed by atoms with Crippen molar-refractivity contribution in [2.45, 2.75) is 20.0 Å². The average molecular weight is 363 g/mol. The zero-order valence-corrected chi connectivity index (χ0v) is 15.5. The Morgan fingerprint density at radius 3 is 2.26 bits per heavy atom. The van der Waals surface area contributed by atoms with Crippen LogP contribution in [0.2, 0.25) is 0 Å². The maximum absolute atomic E-state index is 12.6. The number of hydrogen-bond acceptors (Lipinski definition) is 4. The first-order chi connectivity index (χ1) is 13.0. The van der Waals surface area contributed by atoms with E-state index in [1.807, 2.05) is 43.3 Å². The molecule has 27 heavy (non-hydrogen) atoms. The van der Waals surface area contributed by atoms with E-state index in [0.717, 1.165) is 10.9 Å². The van der Waals surface area contributed by atoms with Crippen molar-refractivity contribution in [1.82, 2.24) is 0 Å². The van der Waals surface area contributed by atoms with Crippen molar-refractivity contribution >= 4 is 28.3 Å². The van der Waals surface area contributed by atoms with Crippen molar-refractivity contribution in [3.8, 4) is 5.75 Å². The van der Waals surface area contributed by atoms with Gasteiger partial charge in [-0.2, -0.15) is 0 Å². The van der Waals surface area contributed by atoms with E-state index in [9.17, 15) is 9.59 Å². The van der Waals surface area contributed by atoms with Crippen molar-refractivity contribution in [3.05, 3.63) is 71.8 Å². The maximum Gasteiger partial charge on any atom is 0.339 e. The highest BCUT2D eigenvalue weighted by molar-refractivity contribution is 6.07. The lowest BCUT2D eigenvalue weighted by molar-refractivity contribution is -0.123. The number of anilines is 1. The SMILES string of the molecule is COc1ccc(C(=O)O[C@H](C)C(=O)Nc2ccc(C)cc2)c2ccccc12. The van der Waals surface area contributed by atoms with Crippen LogP contribution in [0.25, 0.3) is 10.8 Å². The molecule has 3 aromatic carbocycles. The summed E-state index contributed by atoms with van der Waals surface area (Å²) in [4.78, 5) is 24.9. The van der Waals surface area contributed by atoms with Crippen LogP contribution in [0.4, 0.5) is 5.69 Å². The van der Waals surface area contributed by atoms with Gasteiger partial charge in [-0.1, -0.05) is 42.0 Å². The minimum Gasteiger partial charge on any atom is -0.496 e. The second kappa shape index (κ2) is 7.91. The Bertz CT molecular complexity index is 979. The Kier molecular flexibility index (Phi) is 5.41. The Labute approximate surface area is 157 Å². The normalized spacial score (nSPS) is 11.7. The van der Waals surface area contributed by atoms with Gasteiger partial charge in [0.1, 0.15) is 5.75 Å². The molecular formula is C22H21NO4. The minimum absolute atomic E-state index is 0.384. The number of hydrogen-bond donors (Lipinski definition) is 1. The summed E-state index contributed by atoms with van der Waals surface area (Å²) in [6, 6.07) is 18.2. The van der Waals surface area contributed by atoms with Crippen molar-refractivity contribution in [2.75, 3.05) is 12.4 Å². The molecule has 0 unspecified atom stereocenters. The Balaban J connectivity index is 1.76. The molecule has 0 aliphatic heterocycles. The van der Waals surface area contributed by atoms with Crippen LogP contribution in [0.3, 0.4) is 0 Å². The van der Waals surface area contributed by atoms with Gasteiger partial charge in [0.15, 0.2) is 6.10 Å². The predicted molar refractivity (Wildman–Crippen MR) is 105 cm³/mol. The lowest BCUT2D eigenvalue weighted by atomic mass is 10.0. The summed E-state index contributed by atoms with van der Waals surface area (Å²) in [6.45, 7) is 3.52. The van der Waals surface area contributed by atoms with E-state index in [2.05, 4.69) is 5.32 Å². The molecule has 5 heteroatoms. The summed E-state index contributed by atoms with van der Waals surface area (Å²) < 4.78 is 10.7. The van der Waals surface area contributed by atoms with E-state index in [-0.39, 0.29) is 5.91 Å². The standard InChI is InChI=1S/C22H21NO4/c1-14-8-10-16(11-9-14)23-21(24)15(2)27-22(25)19-12-13-20(26-3)18-7-5-4-6-17(18)19/h4-13,15H,1-3H3,(H,23,24)/t15-/m1/s1. The first kappa shape index (κ1) is 18.5. The molecule has 138 valence electrons. The molecular weight excluding hydrogens is 342 g/mol. The second-order valence-corrected chi connectivity index (χ2v) is 6.26. The molecule has 0 spiro atoms. The van der Waals surface area contributed by atoms with Crippen molar-refractivity contribution in [1.29, 1.82) is 0 Å². The van der Waals surface area contributed by atoms with Gasteiger partial charge in [0.05, 0.1) is 12.7 Å². The molecule has 0 fully saturated rings. The van der Waals surface area contributed by atoms with Crippen LogP contribution in [0.1, 0.15) is 22.8 Å². The minimum atomic E-state index is -0.931. The number of carbonyl (C=O) groups excluding carboxylic acids is 2. The highest BCUT2D eigenvalue weighted by Gasteiger charge is 2.21. The monoisotopic (exact) mass is 363 g/mol. The van der Waals surface area contributed by atoms with Gasteiger partial charge in [0.2, 0.25) is 0 Å². The van der Waals surface area contributed by atoms with Gasteiger partial charge in [-0.3, -0.25) is 4.79 Å². The number of ether oxygens (including phenoxy) is 2. The highest BCUT2D eigenvalue weighted by Crippen LogP contribution is 2.29. The third-order valence-corrected chi connectivity index (χ3v) is 4.30. The molecule has 1 amide bonds. The van der Waals surface area contributed by atoms with Gasteiger partial charge in [-0.25, -0.2) is 4.79 Å². The molecule has 0 heterocycles. The summed E-state index contributed by atoms with van der Waals surface area (Å²) in [5.74, 6) is -0.266. The second-order valence-electron chi connectivity index (χ2n) is 6.26. The fourth-order valence-electron chi connectivity index (χ4n) is 2.79. The number of benzene rings is 3. The van der Waals surface area contributed by atoms with E-state index < -0.39 is 12.1 Å². The molecule has 3 rings (SSSR count). The predicted octanol–water partition coefficient (Wildman–Crippen LogP) is 4.34. The quantitative estimate of drug-likeness (QED) is 0.685. The summed E-state index contributed by atoms with van der Waals surface area (Å²) in [6.07, 6.45) is -0.931. The van der Waals surface area contributed by atoms with Crippen LogP contribution in [-0.4, -0.2) is 25.1 Å². The lowest BCUT2D eigenvalue weighted by Gasteiger charge is -2.15. The maximum atomic E-state index is 12.6. The van der Waals surface area contributed by atoms with Crippen molar-refractivity contribution in [3.63, 3.8) is 0 Å². The van der Waals surface area contributed by atoms with Gasteiger partial charge >= 0.3 is 5.97 Å². The number of carbonyl (C=O) groups is 2. The van der Waals surface area contributed by atoms with Crippen LogP contribution in [0, 0.1) is 6.92 Å². The summed E-state index contributed by atoms with van der Waals surface area (Å²) in [7, 11) is 1.58. The van der Waals surface area contributed by atoms with Crippen LogP contribution >= 0.6 is 0 Å². The molecule has 0 aliphatic rings. The molecule has 0 aromatic heterocycles. The number of nitrogens with one attached hydrogen (secondary N) is 1. The van der Waals surface area contributed by atoms with E-state index in [1.54, 1.807) is 38.3 Å². The summed E-state index contributed by atoms with van der Waals surface area (Å²) in [5.41, 5.74) is 2.14.